The van der Waals surface area contributed by atoms with Crippen LogP contribution in [0.4, 0.5) is 0 Å². The minimum atomic E-state index is -0.184. The van der Waals surface area contributed by atoms with Gasteiger partial charge in [-0.15, -0.1) is 0 Å². The van der Waals surface area contributed by atoms with Crippen molar-refractivity contribution in [2.24, 2.45) is 0 Å². The van der Waals surface area contributed by atoms with Crippen LogP contribution in [0.25, 0.3) is 0 Å². The minimum Gasteiger partial charge on any atom is -0.0991 e. The molecule has 0 radical (unpaired) electrons. The van der Waals surface area contributed by atoms with Crippen LogP contribution < -0.4 is 0 Å². The van der Waals surface area contributed by atoms with Crippen LogP contribution in [0.3, 0.4) is 0 Å². The van der Waals surface area contributed by atoms with Crippen molar-refractivity contribution in [3.8, 4) is 0 Å². The van der Waals surface area contributed by atoms with Crippen molar-refractivity contribution < 1.29 is 0 Å². The van der Waals surface area contributed by atoms with Crippen LogP contribution in [0.1, 0.15) is 0 Å². The molecule has 0 unspecified atom stereocenters. The van der Waals surface area contributed by atoms with Gasteiger partial charge in [-0.05, 0) is 0 Å². The lowest BCUT2D eigenvalue weighted by molar-refractivity contribution is 1.99. The van der Waals surface area contributed by atoms with Crippen LogP contribution in [0.2, 0.25) is 13.1 Å². The first-order chi connectivity index (χ1) is 2.77. The Bertz CT molecular complexity index is 68.0. The second kappa shape index (κ2) is 2.95. The van der Waals surface area contributed by atoms with Crippen LogP contribution in [0.5, 0.6) is 0 Å². The summed E-state index contributed by atoms with van der Waals surface area (Å²) in [5.74, 6) is 0. The second-order valence-electron chi connectivity index (χ2n) is 1.43. The fourth-order valence-corrected chi connectivity index (χ4v) is 0.612. The normalized spacial score (nSPS) is 6.33. The van der Waals surface area contributed by atoms with E-state index in [-0.39, 0.29) is 8.80 Å². The maximum absolute atomic E-state index is 3.45. The van der Waals surface area contributed by atoms with Crippen molar-refractivity contribution in [3.63, 3.8) is 0 Å². The summed E-state index contributed by atoms with van der Waals surface area (Å²) in [5, 5.41) is 0. The molecule has 6 heavy (non-hydrogen) atoms. The van der Waals surface area contributed by atoms with Gasteiger partial charge in [0.25, 0.3) is 0 Å². The van der Waals surface area contributed by atoms with E-state index in [2.05, 4.69) is 25.4 Å². The molecular formula is C5H9Si+. The first-order valence-electron chi connectivity index (χ1n) is 1.93. The lowest BCUT2D eigenvalue weighted by atomic mass is 11.0. The molecule has 0 atom stereocenters. The Morgan fingerprint density at radius 2 is 2.17 bits per heavy atom. The molecule has 0 saturated heterocycles. The number of hydrogen-bond acceptors (Lipinski definition) is 0. The third-order valence-electron chi connectivity index (χ3n) is 0.391. The summed E-state index contributed by atoms with van der Waals surface area (Å²) < 4.78 is 0. The average molecular weight is 97.2 g/mol. The van der Waals surface area contributed by atoms with Crippen molar-refractivity contribution >= 4 is 8.80 Å². The van der Waals surface area contributed by atoms with Crippen molar-refractivity contribution in [1.29, 1.82) is 0 Å². The van der Waals surface area contributed by atoms with Crippen LogP contribution in [0, 0.1) is 0 Å². The summed E-state index contributed by atoms with van der Waals surface area (Å²) in [4.78, 5) is 0. The third-order valence-corrected chi connectivity index (χ3v) is 1.17. The summed E-state index contributed by atoms with van der Waals surface area (Å²) in [7, 11) is -0.184. The third kappa shape index (κ3) is 3.74. The van der Waals surface area contributed by atoms with Gasteiger partial charge in [-0.1, -0.05) is 12.3 Å². The van der Waals surface area contributed by atoms with Gasteiger partial charge in [-0.3, -0.25) is 0 Å². The van der Waals surface area contributed by atoms with Gasteiger partial charge in [0.2, 0.25) is 0 Å². The van der Waals surface area contributed by atoms with Gasteiger partial charge in [0.15, 0.2) is 0 Å². The van der Waals surface area contributed by atoms with Gasteiger partial charge in [0.05, 0.1) is 13.1 Å². The van der Waals surface area contributed by atoms with Gasteiger partial charge < -0.3 is 0 Å². The molecule has 0 heterocycles. The van der Waals surface area contributed by atoms with Crippen LogP contribution in [-0.4, -0.2) is 8.80 Å². The number of hydrogen-bond donors (Lipinski definition) is 0. The van der Waals surface area contributed by atoms with E-state index >= 15 is 0 Å². The first kappa shape index (κ1) is 5.74. The van der Waals surface area contributed by atoms with E-state index in [1.807, 2.05) is 5.70 Å². The zero-order chi connectivity index (χ0) is 4.99. The maximum Gasteiger partial charge on any atom is 0.346 e. The Morgan fingerprint density at radius 3 is 2.17 bits per heavy atom. The van der Waals surface area contributed by atoms with E-state index in [1.54, 1.807) is 0 Å². The smallest absolute Gasteiger partial charge is 0.0991 e. The van der Waals surface area contributed by atoms with Gasteiger partial charge in [-0.25, -0.2) is 0 Å². The molecule has 0 spiro atoms. The summed E-state index contributed by atoms with van der Waals surface area (Å²) in [6.07, 6.45) is 0. The van der Waals surface area contributed by atoms with Crippen molar-refractivity contribution in [1.82, 2.24) is 0 Å². The molecule has 0 nitrogen and oxygen atoms in total. The maximum atomic E-state index is 3.45. The van der Waals surface area contributed by atoms with Crippen LogP contribution >= 0.6 is 0 Å². The second-order valence-corrected chi connectivity index (χ2v) is 3.87. The summed E-state index contributed by atoms with van der Waals surface area (Å²) in [6, 6.07) is 0. The van der Waals surface area contributed by atoms with E-state index in [1.165, 1.54) is 0 Å². The van der Waals surface area contributed by atoms with Gasteiger partial charge in [-0.2, -0.15) is 0 Å². The monoisotopic (exact) mass is 97.0 g/mol. The van der Waals surface area contributed by atoms with Crippen molar-refractivity contribution in [2.45, 2.75) is 13.1 Å². The Morgan fingerprint density at radius 1 is 1.67 bits per heavy atom. The molecule has 0 rings (SSSR count). The largest absolute Gasteiger partial charge is 0.346 e. The Balaban J connectivity index is 3.29. The lowest BCUT2D eigenvalue weighted by Crippen LogP contribution is -1.89. The highest BCUT2D eigenvalue weighted by Gasteiger charge is 2.00. The molecule has 0 amide bonds. The van der Waals surface area contributed by atoms with E-state index < -0.39 is 0 Å². The minimum absolute atomic E-state index is 0.184. The molecule has 0 aliphatic heterocycles. The molecule has 32 valence electrons. The van der Waals surface area contributed by atoms with Crippen LogP contribution in [0.15, 0.2) is 18.0 Å². The highest BCUT2D eigenvalue weighted by molar-refractivity contribution is 6.61. The summed E-state index contributed by atoms with van der Waals surface area (Å²) in [6.45, 7) is 7.84. The molecule has 0 aromatic rings. The van der Waals surface area contributed by atoms with E-state index in [9.17, 15) is 0 Å². The topological polar surface area (TPSA) is 0 Å². The Hall–Kier alpha value is -0.263. The molecule has 0 aromatic carbocycles. The SMILES string of the molecule is C=C=C[Si+](C)C. The van der Waals surface area contributed by atoms with Gasteiger partial charge in [0.1, 0.15) is 5.70 Å². The van der Waals surface area contributed by atoms with Gasteiger partial charge in [0, 0.05) is 0 Å². The summed E-state index contributed by atoms with van der Waals surface area (Å²) in [5.41, 5.74) is 4.77. The summed E-state index contributed by atoms with van der Waals surface area (Å²) >= 11 is 0. The zero-order valence-corrected chi connectivity index (χ0v) is 5.28. The predicted octanol–water partition coefficient (Wildman–Crippen LogP) is 1.62. The molecule has 0 aliphatic rings. The molecule has 0 aromatic heterocycles. The molecule has 0 saturated carbocycles. The Kier molecular flexibility index (Phi) is 2.82. The van der Waals surface area contributed by atoms with E-state index in [4.69, 9.17) is 0 Å². The van der Waals surface area contributed by atoms with Crippen molar-refractivity contribution in [3.05, 3.63) is 18.0 Å². The Labute approximate surface area is 40.8 Å². The number of rotatable bonds is 1. The standard InChI is InChI=1S/C5H9Si/c1-4-5-6(2)3/h5H,1H2,2-3H3/q+1. The average Bonchev–Trinajstić information content (AvgIpc) is 1.35. The first-order valence-corrected chi connectivity index (χ1v) is 4.51. The quantitative estimate of drug-likeness (QED) is 0.344. The highest BCUT2D eigenvalue weighted by atomic mass is 28.3. The molecule has 1 heteroatoms. The zero-order valence-electron chi connectivity index (χ0n) is 4.28. The van der Waals surface area contributed by atoms with Crippen LogP contribution in [-0.2, 0) is 0 Å². The fourth-order valence-electron chi connectivity index (χ4n) is 0.204. The van der Waals surface area contributed by atoms with Crippen molar-refractivity contribution in [2.75, 3.05) is 0 Å². The molecule has 0 aliphatic carbocycles. The molecular weight excluding hydrogens is 88.1 g/mol. The van der Waals surface area contributed by atoms with E-state index in [0.717, 1.165) is 0 Å². The highest BCUT2D eigenvalue weighted by Crippen LogP contribution is 1.75. The molecule has 0 fully saturated rings. The van der Waals surface area contributed by atoms with Gasteiger partial charge >= 0.3 is 8.80 Å². The molecule has 0 bridgehead atoms. The lowest BCUT2D eigenvalue weighted by Gasteiger charge is -1.61. The van der Waals surface area contributed by atoms with E-state index in [0.29, 0.717) is 0 Å². The predicted molar refractivity (Wildman–Crippen MR) is 31.2 cm³/mol. The fraction of sp³-hybridized carbons (Fsp3) is 0.400. The molecule has 0 N–H and O–H groups in total.